The molecule has 34 heavy (non-hydrogen) atoms. The van der Waals surface area contributed by atoms with Crippen molar-refractivity contribution in [1.82, 2.24) is 9.80 Å². The van der Waals surface area contributed by atoms with Gasteiger partial charge in [0.1, 0.15) is 11.5 Å². The van der Waals surface area contributed by atoms with Gasteiger partial charge in [-0.1, -0.05) is 0 Å². The Hall–Kier alpha value is -2.81. The minimum atomic E-state index is -0.501. The summed E-state index contributed by atoms with van der Waals surface area (Å²) in [6.07, 6.45) is 1.79. The van der Waals surface area contributed by atoms with Crippen molar-refractivity contribution < 1.29 is 19.8 Å². The Kier molecular flexibility index (Phi) is 7.02. The van der Waals surface area contributed by atoms with E-state index in [-0.39, 0.29) is 45.3 Å². The van der Waals surface area contributed by atoms with E-state index in [0.717, 1.165) is 32.5 Å². The van der Waals surface area contributed by atoms with Crippen molar-refractivity contribution in [3.8, 4) is 11.5 Å². The highest BCUT2D eigenvalue weighted by Gasteiger charge is 2.38. The molecule has 1 aliphatic heterocycles. The number of anilines is 2. The van der Waals surface area contributed by atoms with E-state index < -0.39 is 11.6 Å². The van der Waals surface area contributed by atoms with Gasteiger partial charge in [0.15, 0.2) is 0 Å². The summed E-state index contributed by atoms with van der Waals surface area (Å²) in [5.74, 6) is -1.65. The molecule has 1 aliphatic carbocycles. The zero-order valence-electron chi connectivity index (χ0n) is 19.7. The van der Waals surface area contributed by atoms with Crippen molar-refractivity contribution in [2.45, 2.75) is 31.3 Å². The average Bonchev–Trinajstić information content (AvgIpc) is 2.80. The number of phenols is 2. The fourth-order valence-corrected chi connectivity index (χ4v) is 4.66. The fourth-order valence-electron chi connectivity index (χ4n) is 4.46. The summed E-state index contributed by atoms with van der Waals surface area (Å²) in [5, 5.41) is 27.6. The summed E-state index contributed by atoms with van der Waals surface area (Å²) in [7, 11) is 3.80. The lowest BCUT2D eigenvalue weighted by atomic mass is 9.81. The second-order valence-corrected chi connectivity index (χ2v) is 9.77. The number of likely N-dealkylation sites (tertiary alicyclic amines) is 1. The number of nitrogens with zero attached hydrogens (tertiary/aromatic N) is 2. The highest BCUT2D eigenvalue weighted by atomic mass is 35.5. The topological polar surface area (TPSA) is 105 Å². The van der Waals surface area contributed by atoms with E-state index in [2.05, 4.69) is 15.5 Å². The molecule has 0 radical (unpaired) electrons. The molecule has 1 saturated heterocycles. The molecular formula is C25H31ClN4O4. The predicted molar refractivity (Wildman–Crippen MR) is 134 cm³/mol. The van der Waals surface area contributed by atoms with E-state index in [1.165, 1.54) is 12.1 Å². The van der Waals surface area contributed by atoms with Crippen molar-refractivity contribution in [2.24, 2.45) is 0 Å². The first-order valence-corrected chi connectivity index (χ1v) is 12.0. The van der Waals surface area contributed by atoms with Gasteiger partial charge < -0.3 is 25.7 Å². The highest BCUT2D eigenvalue weighted by molar-refractivity contribution is 6.33. The molecule has 8 nitrogen and oxygen atoms in total. The number of rotatable bonds is 7. The number of nitrogens with one attached hydrogen (secondary N) is 2. The second-order valence-electron chi connectivity index (χ2n) is 9.15. The van der Waals surface area contributed by atoms with E-state index in [1.807, 2.05) is 25.9 Å². The monoisotopic (exact) mass is 486 g/mol. The molecule has 1 fully saturated rings. The Morgan fingerprint density at radius 1 is 0.971 bits per heavy atom. The lowest BCUT2D eigenvalue weighted by Crippen LogP contribution is -2.37. The van der Waals surface area contributed by atoms with Crippen LogP contribution in [0.15, 0.2) is 24.3 Å². The minimum absolute atomic E-state index is 0.116. The van der Waals surface area contributed by atoms with Crippen LogP contribution in [0.2, 0.25) is 0 Å². The number of piperidine rings is 1. The van der Waals surface area contributed by atoms with Crippen LogP contribution in [0.5, 0.6) is 11.5 Å². The third-order valence-corrected chi connectivity index (χ3v) is 7.11. The molecule has 2 aromatic carbocycles. The maximum atomic E-state index is 13.6. The molecule has 0 aromatic heterocycles. The fraction of sp³-hybridized carbons (Fsp3) is 0.440. The zero-order chi connectivity index (χ0) is 24.6. The van der Waals surface area contributed by atoms with Crippen molar-refractivity contribution >= 4 is 34.5 Å². The number of alkyl halides is 1. The number of aromatic hydroxyl groups is 2. The molecule has 0 amide bonds. The van der Waals surface area contributed by atoms with Crippen LogP contribution in [-0.4, -0.2) is 83.4 Å². The summed E-state index contributed by atoms with van der Waals surface area (Å²) in [6.45, 7) is 5.16. The quantitative estimate of drug-likeness (QED) is 0.229. The van der Waals surface area contributed by atoms with E-state index in [9.17, 15) is 19.8 Å². The van der Waals surface area contributed by atoms with Gasteiger partial charge in [0.2, 0.25) is 11.6 Å². The zero-order valence-corrected chi connectivity index (χ0v) is 20.4. The summed E-state index contributed by atoms with van der Waals surface area (Å²) in [5.41, 5.74) is 1.09. The van der Waals surface area contributed by atoms with Gasteiger partial charge in [-0.25, -0.2) is 0 Å². The largest absolute Gasteiger partial charge is 0.507 e. The number of ketones is 2. The first-order valence-electron chi connectivity index (χ1n) is 11.5. The van der Waals surface area contributed by atoms with Crippen molar-refractivity contribution in [3.63, 3.8) is 0 Å². The van der Waals surface area contributed by atoms with Crippen LogP contribution in [0.3, 0.4) is 0 Å². The number of carbonyl (C=O) groups excluding carboxylic acids is 2. The molecule has 0 bridgehead atoms. The first-order chi connectivity index (χ1) is 16.2. The Morgan fingerprint density at radius 2 is 1.50 bits per heavy atom. The number of hydrogen-bond acceptors (Lipinski definition) is 8. The van der Waals surface area contributed by atoms with Crippen LogP contribution < -0.4 is 10.6 Å². The molecule has 0 saturated carbocycles. The number of phenolic OH excluding ortho intramolecular Hbond substituents is 2. The van der Waals surface area contributed by atoms with Crippen molar-refractivity contribution in [1.29, 1.82) is 0 Å². The van der Waals surface area contributed by atoms with Crippen LogP contribution in [0.4, 0.5) is 11.4 Å². The number of benzene rings is 2. The summed E-state index contributed by atoms with van der Waals surface area (Å²) in [4.78, 5) is 31.4. The first kappa shape index (κ1) is 24.3. The molecule has 0 spiro atoms. The number of fused-ring (bicyclic) bond motifs is 2. The number of carbonyl (C=O) groups is 2. The van der Waals surface area contributed by atoms with Crippen LogP contribution in [0, 0.1) is 0 Å². The van der Waals surface area contributed by atoms with Gasteiger partial charge in [-0.2, -0.15) is 0 Å². The lowest BCUT2D eigenvalue weighted by Gasteiger charge is -2.30. The van der Waals surface area contributed by atoms with Crippen LogP contribution >= 0.6 is 11.6 Å². The van der Waals surface area contributed by atoms with Crippen LogP contribution in [0.1, 0.15) is 51.6 Å². The molecule has 1 atom stereocenters. The van der Waals surface area contributed by atoms with Gasteiger partial charge in [0.25, 0.3) is 0 Å². The van der Waals surface area contributed by atoms with E-state index >= 15 is 0 Å². The molecule has 4 rings (SSSR count). The van der Waals surface area contributed by atoms with Crippen LogP contribution in [0.25, 0.3) is 0 Å². The lowest BCUT2D eigenvalue weighted by molar-refractivity contribution is 0.0975. The molecule has 1 unspecified atom stereocenters. The predicted octanol–water partition coefficient (Wildman–Crippen LogP) is 3.31. The maximum absolute atomic E-state index is 13.6. The molecule has 2 aliphatic rings. The normalized spacial score (nSPS) is 17.4. The molecular weight excluding hydrogens is 456 g/mol. The van der Waals surface area contributed by atoms with Crippen LogP contribution in [-0.2, 0) is 0 Å². The van der Waals surface area contributed by atoms with E-state index in [0.29, 0.717) is 17.9 Å². The van der Waals surface area contributed by atoms with Gasteiger partial charge in [0.05, 0.1) is 28.4 Å². The molecule has 182 valence electrons. The third kappa shape index (κ3) is 4.58. The van der Waals surface area contributed by atoms with Gasteiger partial charge in [-0.05, 0) is 71.2 Å². The number of hydrogen-bond donors (Lipinski definition) is 4. The molecule has 9 heteroatoms. The molecule has 4 N–H and O–H groups in total. The highest BCUT2D eigenvalue weighted by Crippen LogP contribution is 2.42. The summed E-state index contributed by atoms with van der Waals surface area (Å²) < 4.78 is 0. The Morgan fingerprint density at radius 3 is 2.06 bits per heavy atom. The van der Waals surface area contributed by atoms with E-state index in [1.54, 1.807) is 12.1 Å². The Labute approximate surface area is 204 Å². The third-order valence-electron chi connectivity index (χ3n) is 6.67. The minimum Gasteiger partial charge on any atom is -0.507 e. The van der Waals surface area contributed by atoms with E-state index in [4.69, 9.17) is 11.6 Å². The summed E-state index contributed by atoms with van der Waals surface area (Å²) in [6, 6.07) is 6.01. The summed E-state index contributed by atoms with van der Waals surface area (Å²) >= 11 is 6.20. The maximum Gasteiger partial charge on any atom is 0.200 e. The van der Waals surface area contributed by atoms with Gasteiger partial charge in [-0.3, -0.25) is 14.5 Å². The smallest absolute Gasteiger partial charge is 0.200 e. The Balaban J connectivity index is 1.70. The molecule has 1 heterocycles. The van der Waals surface area contributed by atoms with Gasteiger partial charge in [0, 0.05) is 29.8 Å². The number of halogens is 1. The SMILES string of the molecule is CC(Nc1ccc(NCCN2CCC(Cl)CC2)c2c1C(=O)c1c(O)ccc(O)c1C2=O)N(C)C. The van der Waals surface area contributed by atoms with Crippen molar-refractivity contribution in [2.75, 3.05) is 50.9 Å². The van der Waals surface area contributed by atoms with Gasteiger partial charge in [-0.15, -0.1) is 11.6 Å². The second kappa shape index (κ2) is 9.82. The standard InChI is InChI=1S/C25H31ClN4O4/c1-14(29(2)3)28-17-5-4-16(27-10-13-30-11-8-15(26)9-12-30)20-21(17)25(34)23-19(32)7-6-18(31)22(23)24(20)33/h4-7,14-15,27-28,31-32H,8-13H2,1-3H3. The Bertz CT molecular complexity index is 1110. The van der Waals surface area contributed by atoms with Crippen molar-refractivity contribution in [3.05, 3.63) is 46.5 Å². The van der Waals surface area contributed by atoms with Gasteiger partial charge >= 0.3 is 0 Å². The average molecular weight is 487 g/mol. The molecule has 2 aromatic rings.